The standard InChI is InChI=1S/C18H24OSi/c1-14-13-18(19)15(2)12-16(14)10-11-20(3,4)17-8-6-5-7-9-17/h5-9,12-13,19H,10-11H2,1-4H3. The molecule has 0 radical (unpaired) electrons. The Morgan fingerprint density at radius 2 is 1.60 bits per heavy atom. The Bertz CT molecular complexity index is 588. The third kappa shape index (κ3) is 3.31. The maximum atomic E-state index is 9.74. The van der Waals surface area contributed by atoms with Gasteiger partial charge in [0.25, 0.3) is 0 Å². The van der Waals surface area contributed by atoms with Gasteiger partial charge in [-0.25, -0.2) is 0 Å². The lowest BCUT2D eigenvalue weighted by atomic mass is 10.0. The SMILES string of the molecule is Cc1cc(CC[Si](C)(C)c2ccccc2)c(C)cc1O. The van der Waals surface area contributed by atoms with Gasteiger partial charge in [-0.3, -0.25) is 0 Å². The lowest BCUT2D eigenvalue weighted by molar-refractivity contribution is 0.470. The molecule has 1 nitrogen and oxygen atoms in total. The molecule has 0 aromatic heterocycles. The van der Waals surface area contributed by atoms with Crippen molar-refractivity contribution in [2.24, 2.45) is 0 Å². The van der Waals surface area contributed by atoms with E-state index in [9.17, 15) is 5.11 Å². The molecule has 0 aliphatic heterocycles. The highest BCUT2D eigenvalue weighted by molar-refractivity contribution is 6.89. The van der Waals surface area contributed by atoms with E-state index in [1.54, 1.807) is 0 Å². The zero-order chi connectivity index (χ0) is 14.8. The predicted octanol–water partition coefficient (Wildman–Crippen LogP) is 4.17. The van der Waals surface area contributed by atoms with Crippen LogP contribution in [0.4, 0.5) is 0 Å². The Morgan fingerprint density at radius 1 is 0.950 bits per heavy atom. The van der Waals surface area contributed by atoms with Gasteiger partial charge in [0.2, 0.25) is 0 Å². The van der Waals surface area contributed by atoms with E-state index >= 15 is 0 Å². The molecule has 0 saturated heterocycles. The van der Waals surface area contributed by atoms with Crippen LogP contribution < -0.4 is 5.19 Å². The number of hydrogen-bond donors (Lipinski definition) is 1. The van der Waals surface area contributed by atoms with E-state index in [0.29, 0.717) is 5.75 Å². The van der Waals surface area contributed by atoms with Crippen molar-refractivity contribution in [3.8, 4) is 5.75 Å². The van der Waals surface area contributed by atoms with E-state index in [4.69, 9.17) is 0 Å². The fourth-order valence-electron chi connectivity index (χ4n) is 2.61. The summed E-state index contributed by atoms with van der Waals surface area (Å²) in [6, 6.07) is 16.2. The predicted molar refractivity (Wildman–Crippen MR) is 89.6 cm³/mol. The molecular weight excluding hydrogens is 260 g/mol. The van der Waals surface area contributed by atoms with Crippen LogP contribution in [0, 0.1) is 13.8 Å². The van der Waals surface area contributed by atoms with Crippen molar-refractivity contribution in [2.75, 3.05) is 0 Å². The third-order valence-corrected chi connectivity index (χ3v) is 7.63. The van der Waals surface area contributed by atoms with Crippen molar-refractivity contribution in [1.82, 2.24) is 0 Å². The van der Waals surface area contributed by atoms with Gasteiger partial charge in [-0.05, 0) is 49.1 Å². The van der Waals surface area contributed by atoms with E-state index < -0.39 is 8.07 Å². The minimum Gasteiger partial charge on any atom is -0.508 e. The molecule has 0 unspecified atom stereocenters. The van der Waals surface area contributed by atoms with Gasteiger partial charge in [-0.2, -0.15) is 0 Å². The molecule has 1 N–H and O–H groups in total. The van der Waals surface area contributed by atoms with Crippen molar-refractivity contribution >= 4 is 13.3 Å². The first-order valence-corrected chi connectivity index (χ1v) is 10.5. The van der Waals surface area contributed by atoms with Gasteiger partial charge in [-0.1, -0.05) is 54.7 Å². The van der Waals surface area contributed by atoms with Crippen molar-refractivity contribution in [3.05, 3.63) is 59.2 Å². The maximum absolute atomic E-state index is 9.74. The molecule has 0 bridgehead atoms. The van der Waals surface area contributed by atoms with Crippen molar-refractivity contribution in [2.45, 2.75) is 39.4 Å². The average Bonchev–Trinajstić information content (AvgIpc) is 2.42. The number of phenolic OH excluding ortho intramolecular Hbond substituents is 1. The molecule has 0 aliphatic rings. The van der Waals surface area contributed by atoms with Gasteiger partial charge in [0.1, 0.15) is 5.75 Å². The third-order valence-electron chi connectivity index (χ3n) is 4.23. The van der Waals surface area contributed by atoms with Crippen molar-refractivity contribution < 1.29 is 5.11 Å². The summed E-state index contributed by atoms with van der Waals surface area (Å²) in [6.07, 6.45) is 1.10. The smallest absolute Gasteiger partial charge is 0.118 e. The summed E-state index contributed by atoms with van der Waals surface area (Å²) in [6.45, 7) is 8.93. The van der Waals surface area contributed by atoms with Crippen LogP contribution in [0.3, 0.4) is 0 Å². The van der Waals surface area contributed by atoms with E-state index in [1.807, 2.05) is 13.0 Å². The second kappa shape index (κ2) is 5.84. The van der Waals surface area contributed by atoms with Gasteiger partial charge in [0.05, 0.1) is 8.07 Å². The van der Waals surface area contributed by atoms with E-state index in [-0.39, 0.29) is 0 Å². The summed E-state index contributed by atoms with van der Waals surface area (Å²) in [5.41, 5.74) is 3.55. The molecule has 0 atom stereocenters. The molecule has 20 heavy (non-hydrogen) atoms. The lowest BCUT2D eigenvalue weighted by Gasteiger charge is -2.23. The van der Waals surface area contributed by atoms with Crippen LogP contribution >= 0.6 is 0 Å². The van der Waals surface area contributed by atoms with Gasteiger partial charge in [0.15, 0.2) is 0 Å². The highest BCUT2D eigenvalue weighted by Gasteiger charge is 2.23. The Labute approximate surface area is 123 Å². The number of phenols is 1. The van der Waals surface area contributed by atoms with Crippen molar-refractivity contribution in [1.29, 1.82) is 0 Å². The second-order valence-electron chi connectivity index (χ2n) is 6.32. The summed E-state index contributed by atoms with van der Waals surface area (Å²) in [4.78, 5) is 0. The summed E-state index contributed by atoms with van der Waals surface area (Å²) in [5.74, 6) is 0.408. The Balaban J connectivity index is 2.14. The molecule has 2 rings (SSSR count). The van der Waals surface area contributed by atoms with Crippen LogP contribution in [0.1, 0.15) is 16.7 Å². The first-order valence-electron chi connectivity index (χ1n) is 7.25. The zero-order valence-electron chi connectivity index (χ0n) is 12.9. The highest BCUT2D eigenvalue weighted by Crippen LogP contribution is 2.24. The molecule has 0 heterocycles. The first-order chi connectivity index (χ1) is 9.40. The van der Waals surface area contributed by atoms with Crippen LogP contribution in [0.15, 0.2) is 42.5 Å². The number of aromatic hydroxyl groups is 1. The van der Waals surface area contributed by atoms with Crippen LogP contribution in [-0.4, -0.2) is 13.2 Å². The number of hydrogen-bond acceptors (Lipinski definition) is 1. The van der Waals surface area contributed by atoms with Crippen LogP contribution in [0.5, 0.6) is 5.75 Å². The fraction of sp³-hybridized carbons (Fsp3) is 0.333. The van der Waals surface area contributed by atoms with Crippen LogP contribution in [0.25, 0.3) is 0 Å². The van der Waals surface area contributed by atoms with Gasteiger partial charge in [0, 0.05) is 0 Å². The largest absolute Gasteiger partial charge is 0.508 e. The van der Waals surface area contributed by atoms with E-state index in [1.165, 1.54) is 22.4 Å². The molecule has 2 aromatic carbocycles. The molecule has 2 heteroatoms. The maximum Gasteiger partial charge on any atom is 0.118 e. The van der Waals surface area contributed by atoms with Crippen LogP contribution in [-0.2, 0) is 6.42 Å². The van der Waals surface area contributed by atoms with Gasteiger partial charge >= 0.3 is 0 Å². The minimum atomic E-state index is -1.38. The Hall–Kier alpha value is -1.54. The number of rotatable bonds is 4. The van der Waals surface area contributed by atoms with Gasteiger partial charge in [-0.15, -0.1) is 0 Å². The minimum absolute atomic E-state index is 0.408. The number of aryl methyl sites for hydroxylation is 3. The monoisotopic (exact) mass is 284 g/mol. The molecule has 106 valence electrons. The number of benzene rings is 2. The first kappa shape index (κ1) is 14.9. The molecule has 0 saturated carbocycles. The summed E-state index contributed by atoms with van der Waals surface area (Å²) < 4.78 is 0. The summed E-state index contributed by atoms with van der Waals surface area (Å²) in [7, 11) is -1.38. The van der Waals surface area contributed by atoms with Crippen LogP contribution in [0.2, 0.25) is 19.1 Å². The normalized spacial score (nSPS) is 11.6. The molecular formula is C18H24OSi. The fourth-order valence-corrected chi connectivity index (χ4v) is 4.89. The Morgan fingerprint density at radius 3 is 2.25 bits per heavy atom. The van der Waals surface area contributed by atoms with E-state index in [0.717, 1.165) is 12.0 Å². The summed E-state index contributed by atoms with van der Waals surface area (Å²) in [5, 5.41) is 11.3. The molecule has 0 amide bonds. The highest BCUT2D eigenvalue weighted by atomic mass is 28.3. The Kier molecular flexibility index (Phi) is 4.34. The second-order valence-corrected chi connectivity index (χ2v) is 11.2. The molecule has 0 spiro atoms. The quantitative estimate of drug-likeness (QED) is 0.836. The zero-order valence-corrected chi connectivity index (χ0v) is 13.9. The lowest BCUT2D eigenvalue weighted by Crippen LogP contribution is -2.41. The summed E-state index contributed by atoms with van der Waals surface area (Å²) >= 11 is 0. The topological polar surface area (TPSA) is 20.2 Å². The van der Waals surface area contributed by atoms with E-state index in [2.05, 4.69) is 56.4 Å². The molecule has 0 fully saturated rings. The molecule has 0 aliphatic carbocycles. The average molecular weight is 284 g/mol. The van der Waals surface area contributed by atoms with Crippen molar-refractivity contribution in [3.63, 3.8) is 0 Å². The molecule has 2 aromatic rings. The van der Waals surface area contributed by atoms with Gasteiger partial charge < -0.3 is 5.11 Å².